The minimum atomic E-state index is -0.802. The first-order valence-electron chi connectivity index (χ1n) is 5.70. The van der Waals surface area contributed by atoms with Crippen LogP contribution in [0, 0.1) is 11.6 Å². The molecule has 0 saturated carbocycles. The smallest absolute Gasteiger partial charge is 0.238 e. The molecule has 3 N–H and O–H groups in total. The third-order valence-corrected chi connectivity index (χ3v) is 2.27. The largest absolute Gasteiger partial charge is 0.396 e. The number of hydrogen-bond acceptors (Lipinski definition) is 3. The molecule has 0 atom stereocenters. The topological polar surface area (TPSA) is 61.4 Å². The summed E-state index contributed by atoms with van der Waals surface area (Å²) in [6, 6.07) is 3.38. The zero-order chi connectivity index (χ0) is 13.4. The number of amides is 1. The third kappa shape index (κ3) is 4.77. The van der Waals surface area contributed by atoms with E-state index in [1.165, 1.54) is 6.07 Å². The molecule has 0 unspecified atom stereocenters. The second kappa shape index (κ2) is 7.73. The van der Waals surface area contributed by atoms with E-state index in [1.54, 1.807) is 0 Å². The van der Waals surface area contributed by atoms with Crippen LogP contribution in [0.25, 0.3) is 0 Å². The molecule has 1 amide bonds. The summed E-state index contributed by atoms with van der Waals surface area (Å²) >= 11 is 0. The molecule has 0 radical (unpaired) electrons. The Bertz CT molecular complexity index is 379. The van der Waals surface area contributed by atoms with E-state index in [1.807, 2.05) is 0 Å². The molecule has 0 aliphatic rings. The van der Waals surface area contributed by atoms with E-state index in [2.05, 4.69) is 10.6 Å². The zero-order valence-electron chi connectivity index (χ0n) is 9.88. The minimum absolute atomic E-state index is 0.0286. The molecular formula is C12H16F2N2O2. The number of aliphatic hydroxyl groups is 1. The number of para-hydroxylation sites is 1. The highest BCUT2D eigenvalue weighted by Crippen LogP contribution is 2.17. The SMILES string of the molecule is O=C(CNCCCCO)Nc1c(F)cccc1F. The third-order valence-electron chi connectivity index (χ3n) is 2.27. The quantitative estimate of drug-likeness (QED) is 0.645. The molecule has 0 aliphatic heterocycles. The van der Waals surface area contributed by atoms with Crippen LogP contribution in [0.15, 0.2) is 18.2 Å². The van der Waals surface area contributed by atoms with Gasteiger partial charge in [0.1, 0.15) is 17.3 Å². The molecule has 1 aromatic carbocycles. The molecule has 0 aliphatic carbocycles. The molecule has 0 spiro atoms. The number of carbonyl (C=O) groups excluding carboxylic acids is 1. The van der Waals surface area contributed by atoms with E-state index in [0.717, 1.165) is 18.6 Å². The number of anilines is 1. The first-order valence-corrected chi connectivity index (χ1v) is 5.70. The maximum Gasteiger partial charge on any atom is 0.238 e. The van der Waals surface area contributed by atoms with E-state index in [0.29, 0.717) is 13.0 Å². The van der Waals surface area contributed by atoms with Gasteiger partial charge < -0.3 is 15.7 Å². The zero-order valence-corrected chi connectivity index (χ0v) is 9.88. The lowest BCUT2D eigenvalue weighted by molar-refractivity contribution is -0.115. The van der Waals surface area contributed by atoms with Gasteiger partial charge in [0.05, 0.1) is 6.54 Å². The summed E-state index contributed by atoms with van der Waals surface area (Å²) < 4.78 is 26.4. The molecule has 6 heteroatoms. The number of hydrogen-bond donors (Lipinski definition) is 3. The van der Waals surface area contributed by atoms with Crippen molar-refractivity contribution in [3.05, 3.63) is 29.8 Å². The highest BCUT2D eigenvalue weighted by molar-refractivity contribution is 5.92. The molecule has 0 fully saturated rings. The van der Waals surface area contributed by atoms with Gasteiger partial charge in [-0.25, -0.2) is 8.78 Å². The van der Waals surface area contributed by atoms with Gasteiger partial charge in [-0.3, -0.25) is 4.79 Å². The number of rotatable bonds is 7. The fourth-order valence-electron chi connectivity index (χ4n) is 1.36. The van der Waals surface area contributed by atoms with Crippen molar-refractivity contribution in [1.29, 1.82) is 0 Å². The number of unbranched alkanes of at least 4 members (excludes halogenated alkanes) is 1. The Morgan fingerprint density at radius 2 is 1.89 bits per heavy atom. The fraction of sp³-hybridized carbons (Fsp3) is 0.417. The molecule has 0 saturated heterocycles. The summed E-state index contributed by atoms with van der Waals surface area (Å²) in [6.45, 7) is 0.640. The van der Waals surface area contributed by atoms with Crippen molar-refractivity contribution in [1.82, 2.24) is 5.32 Å². The van der Waals surface area contributed by atoms with Crippen molar-refractivity contribution >= 4 is 11.6 Å². The lowest BCUT2D eigenvalue weighted by atomic mass is 10.3. The summed E-state index contributed by atoms with van der Waals surface area (Å²) in [5.74, 6) is -2.12. The number of aliphatic hydroxyl groups excluding tert-OH is 1. The van der Waals surface area contributed by atoms with Crippen LogP contribution >= 0.6 is 0 Å². The maximum absolute atomic E-state index is 13.2. The van der Waals surface area contributed by atoms with Crippen LogP contribution in [-0.2, 0) is 4.79 Å². The first kappa shape index (κ1) is 14.5. The number of halogens is 2. The standard InChI is InChI=1S/C12H16F2N2O2/c13-9-4-3-5-10(14)12(9)16-11(18)8-15-6-1-2-7-17/h3-5,15,17H,1-2,6-8H2,(H,16,18). The van der Waals surface area contributed by atoms with Gasteiger partial charge in [-0.05, 0) is 31.5 Å². The van der Waals surface area contributed by atoms with Crippen LogP contribution in [0.2, 0.25) is 0 Å². The van der Waals surface area contributed by atoms with Gasteiger partial charge in [0.15, 0.2) is 0 Å². The highest BCUT2D eigenvalue weighted by atomic mass is 19.1. The average molecular weight is 258 g/mol. The number of nitrogens with one attached hydrogen (secondary N) is 2. The van der Waals surface area contributed by atoms with Crippen LogP contribution < -0.4 is 10.6 Å². The van der Waals surface area contributed by atoms with Gasteiger partial charge >= 0.3 is 0 Å². The van der Waals surface area contributed by atoms with E-state index in [4.69, 9.17) is 5.11 Å². The Morgan fingerprint density at radius 1 is 1.22 bits per heavy atom. The van der Waals surface area contributed by atoms with Gasteiger partial charge in [0.2, 0.25) is 5.91 Å². The Morgan fingerprint density at radius 3 is 2.50 bits per heavy atom. The Kier molecular flexibility index (Phi) is 6.24. The predicted molar refractivity (Wildman–Crippen MR) is 64.2 cm³/mol. The average Bonchev–Trinajstić information content (AvgIpc) is 2.34. The van der Waals surface area contributed by atoms with Gasteiger partial charge in [-0.2, -0.15) is 0 Å². The number of carbonyl (C=O) groups is 1. The summed E-state index contributed by atoms with van der Waals surface area (Å²) in [5.41, 5.74) is -0.431. The van der Waals surface area contributed by atoms with E-state index >= 15 is 0 Å². The maximum atomic E-state index is 13.2. The van der Waals surface area contributed by atoms with Gasteiger partial charge in [-0.15, -0.1) is 0 Å². The van der Waals surface area contributed by atoms with Crippen LogP contribution in [0.5, 0.6) is 0 Å². The molecule has 0 heterocycles. The second-order valence-corrected chi connectivity index (χ2v) is 3.75. The molecule has 100 valence electrons. The molecular weight excluding hydrogens is 242 g/mol. The van der Waals surface area contributed by atoms with Crippen molar-refractivity contribution in [3.63, 3.8) is 0 Å². The summed E-state index contributed by atoms with van der Waals surface area (Å²) in [5, 5.41) is 13.5. The van der Waals surface area contributed by atoms with E-state index in [9.17, 15) is 13.6 Å². The molecule has 1 rings (SSSR count). The Hall–Kier alpha value is -1.53. The summed E-state index contributed by atoms with van der Waals surface area (Å²) in [6.07, 6.45) is 1.38. The van der Waals surface area contributed by atoms with E-state index < -0.39 is 23.2 Å². The molecule has 1 aromatic rings. The van der Waals surface area contributed by atoms with Gasteiger partial charge in [-0.1, -0.05) is 6.07 Å². The van der Waals surface area contributed by atoms with Crippen molar-refractivity contribution in [2.24, 2.45) is 0 Å². The fourth-order valence-corrected chi connectivity index (χ4v) is 1.36. The second-order valence-electron chi connectivity index (χ2n) is 3.75. The Labute approximate surface area is 104 Å². The van der Waals surface area contributed by atoms with Crippen molar-refractivity contribution < 1.29 is 18.7 Å². The van der Waals surface area contributed by atoms with Crippen molar-refractivity contribution in [2.75, 3.05) is 25.0 Å². The van der Waals surface area contributed by atoms with Crippen molar-refractivity contribution in [2.45, 2.75) is 12.8 Å². The minimum Gasteiger partial charge on any atom is -0.396 e. The predicted octanol–water partition coefficient (Wildman–Crippen LogP) is 1.27. The van der Waals surface area contributed by atoms with Gasteiger partial charge in [0.25, 0.3) is 0 Å². The lowest BCUT2D eigenvalue weighted by Crippen LogP contribution is -2.29. The van der Waals surface area contributed by atoms with Crippen LogP contribution in [-0.4, -0.2) is 30.7 Å². The number of benzene rings is 1. The molecule has 0 bridgehead atoms. The van der Waals surface area contributed by atoms with Gasteiger partial charge in [0, 0.05) is 6.61 Å². The molecule has 4 nitrogen and oxygen atoms in total. The Balaban J connectivity index is 2.36. The van der Waals surface area contributed by atoms with Crippen LogP contribution in [0.1, 0.15) is 12.8 Å². The van der Waals surface area contributed by atoms with Crippen LogP contribution in [0.3, 0.4) is 0 Å². The normalized spacial score (nSPS) is 10.4. The van der Waals surface area contributed by atoms with Crippen LogP contribution in [0.4, 0.5) is 14.5 Å². The molecule has 18 heavy (non-hydrogen) atoms. The van der Waals surface area contributed by atoms with Crippen molar-refractivity contribution in [3.8, 4) is 0 Å². The summed E-state index contributed by atoms with van der Waals surface area (Å²) in [4.78, 5) is 11.4. The monoisotopic (exact) mass is 258 g/mol. The van der Waals surface area contributed by atoms with E-state index in [-0.39, 0.29) is 13.2 Å². The summed E-state index contributed by atoms with van der Waals surface area (Å²) in [7, 11) is 0. The first-order chi connectivity index (χ1) is 8.65. The highest BCUT2D eigenvalue weighted by Gasteiger charge is 2.11. The molecule has 0 aromatic heterocycles. The lowest BCUT2D eigenvalue weighted by Gasteiger charge is -2.08.